The lowest BCUT2D eigenvalue weighted by atomic mass is 10.0. The second-order valence-electron chi connectivity index (χ2n) is 9.59. The number of sulfonamides is 1. The van der Waals surface area contributed by atoms with E-state index in [-0.39, 0.29) is 48.5 Å². The zero-order valence-electron chi connectivity index (χ0n) is 21.9. The van der Waals surface area contributed by atoms with Crippen LogP contribution in [-0.2, 0) is 30.8 Å². The highest BCUT2D eigenvalue weighted by Gasteiger charge is 2.38. The lowest BCUT2D eigenvalue weighted by Gasteiger charge is -2.23. The Bertz CT molecular complexity index is 1390. The maximum Gasteiger partial charge on any atom is 0.345 e. The van der Waals surface area contributed by atoms with Crippen molar-refractivity contribution in [1.29, 1.82) is 0 Å². The number of carbonyl (C=O) groups is 4. The van der Waals surface area contributed by atoms with Crippen LogP contribution >= 0.6 is 0 Å². The minimum absolute atomic E-state index is 0.0535. The number of urea groups is 1. The second kappa shape index (κ2) is 12.4. The number of hydrogen-bond donors (Lipinski definition) is 3. The smallest absolute Gasteiger partial charge is 0.345 e. The molecule has 12 nitrogen and oxygen atoms in total. The fourth-order valence-corrected chi connectivity index (χ4v) is 6.27. The third-order valence-corrected chi connectivity index (χ3v) is 8.57. The minimum Gasteiger partial charge on any atom is -0.507 e. The highest BCUT2D eigenvalue weighted by atomic mass is 32.2. The van der Waals surface area contributed by atoms with E-state index in [0.29, 0.717) is 37.8 Å². The predicted octanol–water partition coefficient (Wildman–Crippen LogP) is 2.17. The molecule has 2 atom stereocenters. The molecule has 0 aromatic heterocycles. The molecule has 2 fully saturated rings. The number of aromatic hydroxyl groups is 1. The van der Waals surface area contributed by atoms with E-state index in [1.165, 1.54) is 18.1 Å². The van der Waals surface area contributed by atoms with Crippen LogP contribution in [0.4, 0.5) is 4.79 Å². The standard InChI is InChI=1S/C27H31N3O9S/c1-38-26(34)25-20(31)5-4-6-21(25)39-14-3-2-13-28-27(35)30-19(11-12-24(30)33)15-17-7-9-18(10-8-17)22-16-23(32)29-40(22,36)37/h4-10,19,22,31H,2-3,11-16H2,1H3,(H,28,35)(H,29,32). The van der Waals surface area contributed by atoms with Crippen molar-refractivity contribution < 1.29 is 42.2 Å². The van der Waals surface area contributed by atoms with Crippen molar-refractivity contribution in [1.82, 2.24) is 14.9 Å². The van der Waals surface area contributed by atoms with E-state index < -0.39 is 33.2 Å². The summed E-state index contributed by atoms with van der Waals surface area (Å²) in [5.41, 5.74) is 1.29. The predicted molar refractivity (Wildman–Crippen MR) is 142 cm³/mol. The Morgan fingerprint density at radius 3 is 2.55 bits per heavy atom. The van der Waals surface area contributed by atoms with E-state index in [0.717, 1.165) is 5.56 Å². The molecular weight excluding hydrogens is 542 g/mol. The highest BCUT2D eigenvalue weighted by molar-refractivity contribution is 7.90. The van der Waals surface area contributed by atoms with Gasteiger partial charge in [0.25, 0.3) is 0 Å². The lowest BCUT2D eigenvalue weighted by molar-refractivity contribution is -0.126. The highest BCUT2D eigenvalue weighted by Crippen LogP contribution is 2.31. The van der Waals surface area contributed by atoms with Gasteiger partial charge in [0.15, 0.2) is 0 Å². The number of rotatable bonds is 10. The molecule has 0 spiro atoms. The molecule has 13 heteroatoms. The summed E-state index contributed by atoms with van der Waals surface area (Å²) in [4.78, 5) is 49.9. The number of nitrogens with zero attached hydrogens (tertiary/aromatic N) is 1. The van der Waals surface area contributed by atoms with Crippen LogP contribution < -0.4 is 14.8 Å². The van der Waals surface area contributed by atoms with Gasteiger partial charge in [0.05, 0.1) is 20.1 Å². The van der Waals surface area contributed by atoms with Crippen molar-refractivity contribution in [2.45, 2.75) is 49.8 Å². The number of methoxy groups -OCH3 is 1. The van der Waals surface area contributed by atoms with Crippen molar-refractivity contribution >= 4 is 33.8 Å². The zero-order chi connectivity index (χ0) is 28.9. The molecule has 0 radical (unpaired) electrons. The summed E-state index contributed by atoms with van der Waals surface area (Å²) in [6, 6.07) is 10.5. The number of amides is 4. The van der Waals surface area contributed by atoms with E-state index in [9.17, 15) is 32.7 Å². The van der Waals surface area contributed by atoms with Gasteiger partial charge in [0.2, 0.25) is 21.8 Å². The number of benzene rings is 2. The van der Waals surface area contributed by atoms with Crippen LogP contribution in [0.15, 0.2) is 42.5 Å². The molecule has 214 valence electrons. The number of carbonyl (C=O) groups excluding carboxylic acids is 4. The molecule has 0 aliphatic carbocycles. The molecule has 2 aromatic rings. The summed E-state index contributed by atoms with van der Waals surface area (Å²) in [7, 11) is -2.52. The van der Waals surface area contributed by atoms with Gasteiger partial charge in [-0.25, -0.2) is 18.0 Å². The topological polar surface area (TPSA) is 168 Å². The zero-order valence-corrected chi connectivity index (χ0v) is 22.7. The third-order valence-electron chi connectivity index (χ3n) is 6.87. The van der Waals surface area contributed by atoms with Crippen LogP contribution in [0.5, 0.6) is 11.5 Å². The molecule has 0 bridgehead atoms. The fourth-order valence-electron chi connectivity index (χ4n) is 4.84. The molecule has 40 heavy (non-hydrogen) atoms. The van der Waals surface area contributed by atoms with Gasteiger partial charge in [-0.05, 0) is 48.9 Å². The van der Waals surface area contributed by atoms with Crippen LogP contribution in [0.2, 0.25) is 0 Å². The molecule has 4 amide bonds. The van der Waals surface area contributed by atoms with E-state index in [4.69, 9.17) is 4.74 Å². The fraction of sp³-hybridized carbons (Fsp3) is 0.407. The number of hydrogen-bond acceptors (Lipinski definition) is 9. The average molecular weight is 574 g/mol. The molecule has 2 aliphatic heterocycles. The van der Waals surface area contributed by atoms with Crippen molar-refractivity contribution in [3.63, 3.8) is 0 Å². The van der Waals surface area contributed by atoms with Crippen molar-refractivity contribution in [2.24, 2.45) is 0 Å². The summed E-state index contributed by atoms with van der Waals surface area (Å²) in [5, 5.41) is 11.8. The molecule has 0 saturated carbocycles. The number of nitrogens with one attached hydrogen (secondary N) is 2. The summed E-state index contributed by atoms with van der Waals surface area (Å²) < 4.78 is 36.5. The monoisotopic (exact) mass is 573 g/mol. The number of phenolic OH excluding ortho intramolecular Hbond substituents is 1. The maximum atomic E-state index is 12.8. The first-order valence-electron chi connectivity index (χ1n) is 12.9. The van der Waals surface area contributed by atoms with Crippen LogP contribution in [-0.4, -0.2) is 68.5 Å². The van der Waals surface area contributed by atoms with Crippen LogP contribution in [0, 0.1) is 0 Å². The molecule has 2 unspecified atom stereocenters. The Labute approximate surface area is 231 Å². The van der Waals surface area contributed by atoms with Gasteiger partial charge in [0, 0.05) is 19.0 Å². The van der Waals surface area contributed by atoms with Crippen LogP contribution in [0.3, 0.4) is 0 Å². The molecule has 2 aliphatic rings. The Balaban J connectivity index is 1.25. The normalized spacial score (nSPS) is 19.8. The van der Waals surface area contributed by atoms with Gasteiger partial charge < -0.3 is 19.9 Å². The van der Waals surface area contributed by atoms with Gasteiger partial charge in [-0.15, -0.1) is 0 Å². The third kappa shape index (κ3) is 6.53. The Kier molecular flexibility index (Phi) is 8.93. The Morgan fingerprint density at radius 2 is 1.88 bits per heavy atom. The van der Waals surface area contributed by atoms with Crippen LogP contribution in [0.1, 0.15) is 58.8 Å². The molecule has 3 N–H and O–H groups in total. The molecule has 2 aromatic carbocycles. The number of esters is 1. The first-order chi connectivity index (χ1) is 19.1. The van der Waals surface area contributed by atoms with E-state index in [1.807, 2.05) is 4.72 Å². The molecule has 2 saturated heterocycles. The van der Waals surface area contributed by atoms with E-state index >= 15 is 0 Å². The quantitative estimate of drug-likeness (QED) is 0.285. The number of phenols is 1. The summed E-state index contributed by atoms with van der Waals surface area (Å²) in [6.45, 7) is 0.539. The SMILES string of the molecule is COC(=O)c1c(O)cccc1OCCCCNC(=O)N1C(=O)CCC1Cc1ccc(C2CC(=O)NS2(=O)=O)cc1. The molecular formula is C27H31N3O9S. The van der Waals surface area contributed by atoms with E-state index in [2.05, 4.69) is 10.1 Å². The lowest BCUT2D eigenvalue weighted by Crippen LogP contribution is -2.46. The second-order valence-corrected chi connectivity index (χ2v) is 11.5. The van der Waals surface area contributed by atoms with Gasteiger partial charge in [-0.2, -0.15) is 0 Å². The Morgan fingerprint density at radius 1 is 1.12 bits per heavy atom. The van der Waals surface area contributed by atoms with E-state index in [1.54, 1.807) is 36.4 Å². The number of imide groups is 1. The molecule has 4 rings (SSSR count). The Hall–Kier alpha value is -4.13. The summed E-state index contributed by atoms with van der Waals surface area (Å²) in [6.07, 6.45) is 2.16. The first-order valence-corrected chi connectivity index (χ1v) is 14.4. The largest absolute Gasteiger partial charge is 0.507 e. The summed E-state index contributed by atoms with van der Waals surface area (Å²) in [5.74, 6) is -1.55. The van der Waals surface area contributed by atoms with Gasteiger partial charge in [-0.3, -0.25) is 19.2 Å². The number of ether oxygens (including phenoxy) is 2. The number of unbranched alkanes of at least 4 members (excludes halogenated alkanes) is 1. The number of likely N-dealkylation sites (tertiary alicyclic amines) is 1. The molecule has 2 heterocycles. The van der Waals surface area contributed by atoms with Crippen LogP contribution in [0.25, 0.3) is 0 Å². The van der Waals surface area contributed by atoms with Crippen molar-refractivity contribution in [3.8, 4) is 11.5 Å². The van der Waals surface area contributed by atoms with Crippen molar-refractivity contribution in [2.75, 3.05) is 20.3 Å². The minimum atomic E-state index is -3.73. The van der Waals surface area contributed by atoms with Gasteiger partial charge in [0.1, 0.15) is 22.3 Å². The van der Waals surface area contributed by atoms with Gasteiger partial charge >= 0.3 is 12.0 Å². The van der Waals surface area contributed by atoms with Crippen molar-refractivity contribution in [3.05, 3.63) is 59.2 Å². The maximum absolute atomic E-state index is 12.8. The average Bonchev–Trinajstić information content (AvgIpc) is 3.42. The first kappa shape index (κ1) is 28.9. The summed E-state index contributed by atoms with van der Waals surface area (Å²) >= 11 is 0. The van der Waals surface area contributed by atoms with Gasteiger partial charge in [-0.1, -0.05) is 30.3 Å².